The van der Waals surface area contributed by atoms with Gasteiger partial charge in [-0.3, -0.25) is 4.79 Å². The highest BCUT2D eigenvalue weighted by Crippen LogP contribution is 2.28. The third kappa shape index (κ3) is 4.88. The highest BCUT2D eigenvalue weighted by Gasteiger charge is 2.33. The molecule has 0 aliphatic heterocycles. The molecule has 1 aromatic rings. The molecule has 1 saturated carbocycles. The fourth-order valence-corrected chi connectivity index (χ4v) is 3.84. The molecule has 2 rings (SSSR count). The second-order valence-electron chi connectivity index (χ2n) is 5.90. The van der Waals surface area contributed by atoms with Crippen LogP contribution in [0.15, 0.2) is 28.7 Å². The number of rotatable bonds is 4. The zero-order valence-corrected chi connectivity index (χ0v) is 16.2. The van der Waals surface area contributed by atoms with Gasteiger partial charge in [-0.1, -0.05) is 34.5 Å². The maximum atomic E-state index is 12.6. The van der Waals surface area contributed by atoms with Crippen molar-refractivity contribution in [2.24, 2.45) is 5.73 Å². The molecule has 1 aliphatic carbocycles. The first-order chi connectivity index (χ1) is 9.93. The van der Waals surface area contributed by atoms with Crippen LogP contribution in [0, 0.1) is 0 Å². The number of carbonyl (C=O) groups is 1. The molecule has 0 aromatic heterocycles. The summed E-state index contributed by atoms with van der Waals surface area (Å²) in [6.07, 6.45) is 6.67. The lowest BCUT2D eigenvalue weighted by molar-refractivity contribution is -0.127. The van der Waals surface area contributed by atoms with E-state index >= 15 is 0 Å². The third-order valence-electron chi connectivity index (χ3n) is 4.21. The van der Waals surface area contributed by atoms with Gasteiger partial charge in [-0.05, 0) is 50.1 Å². The number of hydrogen-bond donors (Lipinski definition) is 2. The molecule has 0 heterocycles. The molecule has 3 atom stereocenters. The summed E-state index contributed by atoms with van der Waals surface area (Å²) in [5.41, 5.74) is 6.12. The Bertz CT molecular complexity index is 495. The van der Waals surface area contributed by atoms with Crippen molar-refractivity contribution in [2.75, 3.05) is 6.26 Å². The summed E-state index contributed by atoms with van der Waals surface area (Å²) < 4.78 is 0.984. The SMILES string of the molecule is CSC1CCCC(NC(=O)C(C)(N)c2ccc(Br)cc2)C1.Cl. The van der Waals surface area contributed by atoms with Crippen LogP contribution in [-0.4, -0.2) is 23.5 Å². The predicted octanol–water partition coefficient (Wildman–Crippen LogP) is 3.84. The fraction of sp³-hybridized carbons (Fsp3) is 0.562. The monoisotopic (exact) mass is 406 g/mol. The lowest BCUT2D eigenvalue weighted by Crippen LogP contribution is -2.52. The zero-order valence-electron chi connectivity index (χ0n) is 13.0. The lowest BCUT2D eigenvalue weighted by atomic mass is 9.90. The Morgan fingerprint density at radius 2 is 2.00 bits per heavy atom. The summed E-state index contributed by atoms with van der Waals surface area (Å²) in [6.45, 7) is 1.78. The molecular formula is C16H24BrClN2OS. The van der Waals surface area contributed by atoms with Gasteiger partial charge in [-0.15, -0.1) is 12.4 Å². The van der Waals surface area contributed by atoms with E-state index in [2.05, 4.69) is 27.5 Å². The van der Waals surface area contributed by atoms with Crippen molar-refractivity contribution in [3.8, 4) is 0 Å². The van der Waals surface area contributed by atoms with E-state index in [1.165, 1.54) is 12.8 Å². The molecular weight excluding hydrogens is 384 g/mol. The number of benzene rings is 1. The Balaban J connectivity index is 0.00000242. The van der Waals surface area contributed by atoms with E-state index < -0.39 is 5.54 Å². The topological polar surface area (TPSA) is 55.1 Å². The molecule has 1 aliphatic rings. The van der Waals surface area contributed by atoms with Crippen LogP contribution in [0.5, 0.6) is 0 Å². The third-order valence-corrected chi connectivity index (χ3v) is 5.83. The van der Waals surface area contributed by atoms with Crippen LogP contribution in [0.1, 0.15) is 38.2 Å². The average molecular weight is 408 g/mol. The molecule has 3 unspecified atom stereocenters. The molecule has 0 saturated heterocycles. The van der Waals surface area contributed by atoms with Gasteiger partial charge in [0.2, 0.25) is 5.91 Å². The first-order valence-corrected chi connectivity index (χ1v) is 9.40. The van der Waals surface area contributed by atoms with Crippen molar-refractivity contribution in [3.63, 3.8) is 0 Å². The Morgan fingerprint density at radius 1 is 1.36 bits per heavy atom. The van der Waals surface area contributed by atoms with E-state index in [-0.39, 0.29) is 24.4 Å². The summed E-state index contributed by atoms with van der Waals surface area (Å²) in [4.78, 5) is 12.6. The molecule has 3 nitrogen and oxygen atoms in total. The van der Waals surface area contributed by atoms with E-state index in [1.807, 2.05) is 36.0 Å². The minimum atomic E-state index is -0.993. The molecule has 1 amide bonds. The van der Waals surface area contributed by atoms with Gasteiger partial charge in [0, 0.05) is 15.8 Å². The van der Waals surface area contributed by atoms with Gasteiger partial charge in [0.15, 0.2) is 0 Å². The smallest absolute Gasteiger partial charge is 0.244 e. The zero-order chi connectivity index (χ0) is 15.5. The van der Waals surface area contributed by atoms with Crippen molar-refractivity contribution in [1.29, 1.82) is 0 Å². The highest BCUT2D eigenvalue weighted by atomic mass is 79.9. The van der Waals surface area contributed by atoms with Gasteiger partial charge in [-0.25, -0.2) is 0 Å². The summed E-state index contributed by atoms with van der Waals surface area (Å²) in [5, 5.41) is 3.80. The molecule has 0 bridgehead atoms. The molecule has 6 heteroatoms. The fourth-order valence-electron chi connectivity index (χ4n) is 2.75. The van der Waals surface area contributed by atoms with E-state index in [9.17, 15) is 4.79 Å². The van der Waals surface area contributed by atoms with Crippen molar-refractivity contribution < 1.29 is 4.79 Å². The standard InChI is InChI=1S/C16H23BrN2OS.ClH/c1-16(18,11-6-8-12(17)9-7-11)15(20)19-13-4-3-5-14(10-13)21-2;/h6-9,13-14H,3-5,10,18H2,1-2H3,(H,19,20);1H. The van der Waals surface area contributed by atoms with Crippen molar-refractivity contribution in [1.82, 2.24) is 5.32 Å². The Morgan fingerprint density at radius 3 is 2.59 bits per heavy atom. The number of carbonyl (C=O) groups excluding carboxylic acids is 1. The van der Waals surface area contributed by atoms with Crippen LogP contribution in [0.25, 0.3) is 0 Å². The Labute approximate surface area is 151 Å². The van der Waals surface area contributed by atoms with E-state index in [0.717, 1.165) is 22.9 Å². The molecule has 0 radical (unpaired) electrons. The van der Waals surface area contributed by atoms with Crippen LogP contribution in [0.4, 0.5) is 0 Å². The van der Waals surface area contributed by atoms with Gasteiger partial charge >= 0.3 is 0 Å². The average Bonchev–Trinajstić information content (AvgIpc) is 2.48. The molecule has 1 aromatic carbocycles. The molecule has 124 valence electrons. The number of thioether (sulfide) groups is 1. The first-order valence-electron chi connectivity index (χ1n) is 7.32. The number of nitrogens with one attached hydrogen (secondary N) is 1. The maximum absolute atomic E-state index is 12.6. The van der Waals surface area contributed by atoms with Crippen LogP contribution in [0.3, 0.4) is 0 Å². The van der Waals surface area contributed by atoms with Crippen LogP contribution < -0.4 is 11.1 Å². The van der Waals surface area contributed by atoms with Crippen molar-refractivity contribution in [2.45, 2.75) is 49.4 Å². The number of amides is 1. The maximum Gasteiger partial charge on any atom is 0.244 e. The van der Waals surface area contributed by atoms with Gasteiger partial charge in [0.05, 0.1) is 0 Å². The highest BCUT2D eigenvalue weighted by molar-refractivity contribution is 9.10. The van der Waals surface area contributed by atoms with Gasteiger partial charge in [0.25, 0.3) is 0 Å². The predicted molar refractivity (Wildman–Crippen MR) is 101 cm³/mol. The lowest BCUT2D eigenvalue weighted by Gasteiger charge is -2.32. The summed E-state index contributed by atoms with van der Waals surface area (Å²) in [7, 11) is 0. The van der Waals surface area contributed by atoms with Gasteiger partial charge in [0.1, 0.15) is 5.54 Å². The number of hydrogen-bond acceptors (Lipinski definition) is 3. The summed E-state index contributed by atoms with van der Waals surface area (Å²) in [5.74, 6) is -0.0865. The van der Waals surface area contributed by atoms with Crippen molar-refractivity contribution >= 4 is 46.0 Å². The normalized spacial score (nSPS) is 24.0. The molecule has 22 heavy (non-hydrogen) atoms. The number of halogens is 2. The first kappa shape index (κ1) is 19.8. The minimum absolute atomic E-state index is 0. The van der Waals surface area contributed by atoms with E-state index in [0.29, 0.717) is 5.25 Å². The minimum Gasteiger partial charge on any atom is -0.351 e. The second kappa shape index (κ2) is 8.57. The largest absolute Gasteiger partial charge is 0.351 e. The number of nitrogens with two attached hydrogens (primary N) is 1. The van der Waals surface area contributed by atoms with E-state index in [4.69, 9.17) is 5.73 Å². The molecule has 3 N–H and O–H groups in total. The van der Waals surface area contributed by atoms with Gasteiger partial charge in [-0.2, -0.15) is 11.8 Å². The van der Waals surface area contributed by atoms with Crippen LogP contribution >= 0.6 is 40.1 Å². The van der Waals surface area contributed by atoms with Crippen molar-refractivity contribution in [3.05, 3.63) is 34.3 Å². The van der Waals surface area contributed by atoms with Crippen LogP contribution in [0.2, 0.25) is 0 Å². The van der Waals surface area contributed by atoms with Crippen LogP contribution in [-0.2, 0) is 10.3 Å². The quantitative estimate of drug-likeness (QED) is 0.797. The van der Waals surface area contributed by atoms with Gasteiger partial charge < -0.3 is 11.1 Å². The molecule has 1 fully saturated rings. The molecule has 0 spiro atoms. The second-order valence-corrected chi connectivity index (χ2v) is 7.96. The Kier molecular flexibility index (Phi) is 7.72. The Hall–Kier alpha value is -0.230. The summed E-state index contributed by atoms with van der Waals surface area (Å²) in [6, 6.07) is 7.88. The van der Waals surface area contributed by atoms with E-state index in [1.54, 1.807) is 6.92 Å². The summed E-state index contributed by atoms with van der Waals surface area (Å²) >= 11 is 5.29.